The summed E-state index contributed by atoms with van der Waals surface area (Å²) in [4.78, 5) is 36.6. The Morgan fingerprint density at radius 2 is 1.80 bits per heavy atom. The number of amides is 2. The molecule has 0 radical (unpaired) electrons. The molecule has 2 aromatic carbocycles. The topological polar surface area (TPSA) is 105 Å². The van der Waals surface area contributed by atoms with Gasteiger partial charge in [-0.15, -0.1) is 0 Å². The van der Waals surface area contributed by atoms with Crippen molar-refractivity contribution in [2.75, 3.05) is 5.32 Å². The largest absolute Gasteiger partial charge is 0.326 e. The Balaban J connectivity index is 1.91. The molecular weight excluding hydrogens is 382 g/mol. The third kappa shape index (κ3) is 4.60. The molecule has 1 heterocycles. The van der Waals surface area contributed by atoms with Gasteiger partial charge < -0.3 is 5.32 Å². The van der Waals surface area contributed by atoms with Gasteiger partial charge in [0.25, 0.3) is 11.5 Å². The number of carbonyl (C=O) groups is 2. The van der Waals surface area contributed by atoms with E-state index in [1.54, 1.807) is 49.4 Å². The maximum Gasteiger partial charge on any atom is 0.292 e. The van der Waals surface area contributed by atoms with Gasteiger partial charge in [-0.3, -0.25) is 14.4 Å². The Labute approximate surface area is 173 Å². The number of hydrogen-bond donors (Lipinski definition) is 2. The average molecular weight is 405 g/mol. The molecule has 3 aromatic rings. The van der Waals surface area contributed by atoms with Gasteiger partial charge in [0, 0.05) is 24.5 Å². The van der Waals surface area contributed by atoms with Gasteiger partial charge in [-0.1, -0.05) is 37.3 Å². The van der Waals surface area contributed by atoms with Crippen LogP contribution in [0, 0.1) is 0 Å². The fourth-order valence-electron chi connectivity index (χ4n) is 3.04. The Hall–Kier alpha value is -3.81. The number of aryl methyl sites for hydroxylation is 1. The number of benzene rings is 2. The summed E-state index contributed by atoms with van der Waals surface area (Å²) < 4.78 is 1.31. The second-order valence-corrected chi connectivity index (χ2v) is 6.82. The van der Waals surface area contributed by atoms with Gasteiger partial charge >= 0.3 is 0 Å². The molecule has 0 fully saturated rings. The maximum absolute atomic E-state index is 12.8. The molecule has 154 valence electrons. The highest BCUT2D eigenvalue weighted by atomic mass is 16.2. The third-order valence-corrected chi connectivity index (χ3v) is 4.44. The number of nitrogens with one attached hydrogen (secondary N) is 2. The standard InChI is InChI=1S/C22H23N5O3/c1-4-12-27-22(30)19-11-6-5-10-18(19)20(26-27)21(29)25-24-14(2)16-8-7-9-17(13-16)23-15(3)28/h5-11,13H,4,12H2,1-3H3,(H,23,28)(H,25,29)/b24-14+. The van der Waals surface area contributed by atoms with E-state index in [1.807, 2.05) is 13.0 Å². The molecule has 8 heteroatoms. The van der Waals surface area contributed by atoms with Crippen LogP contribution in [0.3, 0.4) is 0 Å². The Kier molecular flexibility index (Phi) is 6.36. The third-order valence-electron chi connectivity index (χ3n) is 4.44. The molecule has 0 atom stereocenters. The zero-order chi connectivity index (χ0) is 21.7. The molecule has 2 N–H and O–H groups in total. The molecule has 1 aromatic heterocycles. The lowest BCUT2D eigenvalue weighted by molar-refractivity contribution is -0.114. The minimum atomic E-state index is -0.506. The smallest absolute Gasteiger partial charge is 0.292 e. The SMILES string of the molecule is CCCn1nc(C(=O)N/N=C(\C)c2cccc(NC(C)=O)c2)c2ccccc2c1=O. The lowest BCUT2D eigenvalue weighted by Crippen LogP contribution is -2.29. The first kappa shape index (κ1) is 20.9. The highest BCUT2D eigenvalue weighted by molar-refractivity contribution is 6.06. The van der Waals surface area contributed by atoms with Crippen molar-refractivity contribution in [1.29, 1.82) is 0 Å². The normalized spacial score (nSPS) is 11.4. The predicted molar refractivity (Wildman–Crippen MR) is 117 cm³/mol. The van der Waals surface area contributed by atoms with Gasteiger partial charge in [0.1, 0.15) is 0 Å². The van der Waals surface area contributed by atoms with Gasteiger partial charge in [-0.2, -0.15) is 10.2 Å². The minimum absolute atomic E-state index is 0.141. The van der Waals surface area contributed by atoms with E-state index in [-0.39, 0.29) is 17.2 Å². The van der Waals surface area contributed by atoms with Crippen molar-refractivity contribution in [3.05, 3.63) is 70.1 Å². The summed E-state index contributed by atoms with van der Waals surface area (Å²) in [6, 6.07) is 14.0. The molecule has 30 heavy (non-hydrogen) atoms. The van der Waals surface area contributed by atoms with E-state index in [9.17, 15) is 14.4 Å². The second kappa shape index (κ2) is 9.13. The van der Waals surface area contributed by atoms with E-state index >= 15 is 0 Å². The summed E-state index contributed by atoms with van der Waals surface area (Å²) in [7, 11) is 0. The number of nitrogens with zero attached hydrogens (tertiary/aromatic N) is 3. The molecule has 0 unspecified atom stereocenters. The van der Waals surface area contributed by atoms with E-state index in [0.717, 1.165) is 5.56 Å². The summed E-state index contributed by atoms with van der Waals surface area (Å²) in [5.41, 5.74) is 4.38. The van der Waals surface area contributed by atoms with Gasteiger partial charge in [-0.25, -0.2) is 10.1 Å². The van der Waals surface area contributed by atoms with Crippen LogP contribution in [0.25, 0.3) is 10.8 Å². The van der Waals surface area contributed by atoms with Crippen molar-refractivity contribution in [3.8, 4) is 0 Å². The summed E-state index contributed by atoms with van der Waals surface area (Å²) in [5.74, 6) is -0.677. The molecule has 0 aliphatic heterocycles. The zero-order valence-electron chi connectivity index (χ0n) is 17.1. The van der Waals surface area contributed by atoms with Crippen molar-refractivity contribution in [3.63, 3.8) is 0 Å². The molecular formula is C22H23N5O3. The van der Waals surface area contributed by atoms with Crippen LogP contribution in [0.5, 0.6) is 0 Å². The molecule has 0 aliphatic rings. The molecule has 0 bridgehead atoms. The summed E-state index contributed by atoms with van der Waals surface area (Å²) in [6.07, 6.45) is 0.716. The van der Waals surface area contributed by atoms with Crippen molar-refractivity contribution in [1.82, 2.24) is 15.2 Å². The van der Waals surface area contributed by atoms with Crippen LogP contribution < -0.4 is 16.3 Å². The molecule has 0 aliphatic carbocycles. The van der Waals surface area contributed by atoms with E-state index in [4.69, 9.17) is 0 Å². The van der Waals surface area contributed by atoms with Crippen LogP contribution in [-0.4, -0.2) is 27.3 Å². The predicted octanol–water partition coefficient (Wildman–Crippen LogP) is 2.92. The quantitative estimate of drug-likeness (QED) is 0.486. The highest BCUT2D eigenvalue weighted by Crippen LogP contribution is 2.14. The van der Waals surface area contributed by atoms with Crippen LogP contribution in [0.15, 0.2) is 58.4 Å². The first-order chi connectivity index (χ1) is 14.4. The number of hydrogen-bond acceptors (Lipinski definition) is 5. The van der Waals surface area contributed by atoms with Gasteiger partial charge in [0.2, 0.25) is 5.91 Å². The van der Waals surface area contributed by atoms with Crippen molar-refractivity contribution in [2.45, 2.75) is 33.7 Å². The summed E-state index contributed by atoms with van der Waals surface area (Å²) in [5, 5.41) is 12.1. The number of aromatic nitrogens is 2. The molecule has 0 saturated carbocycles. The maximum atomic E-state index is 12.8. The first-order valence-corrected chi connectivity index (χ1v) is 9.63. The zero-order valence-corrected chi connectivity index (χ0v) is 17.1. The molecule has 0 saturated heterocycles. The van der Waals surface area contributed by atoms with Crippen LogP contribution >= 0.6 is 0 Å². The van der Waals surface area contributed by atoms with Gasteiger partial charge in [-0.05, 0) is 37.1 Å². The number of carbonyl (C=O) groups excluding carboxylic acids is 2. The fourth-order valence-corrected chi connectivity index (χ4v) is 3.04. The average Bonchev–Trinajstić information content (AvgIpc) is 2.73. The van der Waals surface area contributed by atoms with Crippen LogP contribution in [0.1, 0.15) is 43.2 Å². The lowest BCUT2D eigenvalue weighted by Gasteiger charge is -2.10. The van der Waals surface area contributed by atoms with Gasteiger partial charge in [0.15, 0.2) is 5.69 Å². The number of anilines is 1. The van der Waals surface area contributed by atoms with Crippen LogP contribution in [0.2, 0.25) is 0 Å². The second-order valence-electron chi connectivity index (χ2n) is 6.82. The first-order valence-electron chi connectivity index (χ1n) is 9.63. The lowest BCUT2D eigenvalue weighted by atomic mass is 10.1. The summed E-state index contributed by atoms with van der Waals surface area (Å²) in [6.45, 7) is 5.54. The highest BCUT2D eigenvalue weighted by Gasteiger charge is 2.16. The van der Waals surface area contributed by atoms with Crippen LogP contribution in [-0.2, 0) is 11.3 Å². The number of hydrazone groups is 1. The Morgan fingerprint density at radius 1 is 1.07 bits per heavy atom. The molecule has 0 spiro atoms. The minimum Gasteiger partial charge on any atom is -0.326 e. The van der Waals surface area contributed by atoms with Crippen molar-refractivity contribution < 1.29 is 9.59 Å². The van der Waals surface area contributed by atoms with Crippen LogP contribution in [0.4, 0.5) is 5.69 Å². The molecule has 2 amide bonds. The fraction of sp³-hybridized carbons (Fsp3) is 0.227. The number of rotatable bonds is 6. The Morgan fingerprint density at radius 3 is 2.50 bits per heavy atom. The van der Waals surface area contributed by atoms with E-state index in [2.05, 4.69) is 20.9 Å². The molecule has 3 rings (SSSR count). The van der Waals surface area contributed by atoms with Gasteiger partial charge in [0.05, 0.1) is 11.1 Å². The monoisotopic (exact) mass is 405 g/mol. The molecule has 8 nitrogen and oxygen atoms in total. The van der Waals surface area contributed by atoms with E-state index in [1.165, 1.54) is 11.6 Å². The Bertz CT molecular complexity index is 1200. The number of fused-ring (bicyclic) bond motifs is 1. The summed E-state index contributed by atoms with van der Waals surface area (Å²) >= 11 is 0. The van der Waals surface area contributed by atoms with E-state index < -0.39 is 5.91 Å². The van der Waals surface area contributed by atoms with Crippen molar-refractivity contribution in [2.24, 2.45) is 5.10 Å². The van der Waals surface area contributed by atoms with E-state index in [0.29, 0.717) is 35.1 Å². The van der Waals surface area contributed by atoms with Crippen molar-refractivity contribution >= 4 is 34.0 Å².